The summed E-state index contributed by atoms with van der Waals surface area (Å²) in [7, 11) is 0. The molecular formula is C10H8ClFIN. The van der Waals surface area contributed by atoms with Gasteiger partial charge in [-0.25, -0.2) is 4.39 Å². The third-order valence-corrected chi connectivity index (χ3v) is 3.26. The highest BCUT2D eigenvalue weighted by Gasteiger charge is 2.11. The van der Waals surface area contributed by atoms with Gasteiger partial charge in [0.2, 0.25) is 0 Å². The molecule has 0 radical (unpaired) electrons. The molecule has 0 aliphatic rings. The number of benzene rings is 1. The molecule has 0 unspecified atom stereocenters. The summed E-state index contributed by atoms with van der Waals surface area (Å²) in [6.45, 7) is 2.75. The number of aryl methyl sites for hydroxylation is 1. The molecule has 1 aromatic heterocycles. The Morgan fingerprint density at radius 1 is 1.50 bits per heavy atom. The van der Waals surface area contributed by atoms with Gasteiger partial charge >= 0.3 is 0 Å². The van der Waals surface area contributed by atoms with E-state index in [1.807, 2.05) is 17.7 Å². The van der Waals surface area contributed by atoms with E-state index in [0.717, 1.165) is 15.5 Å². The molecule has 14 heavy (non-hydrogen) atoms. The summed E-state index contributed by atoms with van der Waals surface area (Å²) < 4.78 is 16.5. The fourth-order valence-electron chi connectivity index (χ4n) is 1.56. The molecule has 0 atom stereocenters. The van der Waals surface area contributed by atoms with Gasteiger partial charge in [-0.3, -0.25) is 0 Å². The summed E-state index contributed by atoms with van der Waals surface area (Å²) in [4.78, 5) is 0. The van der Waals surface area contributed by atoms with Crippen LogP contribution in [0.1, 0.15) is 6.92 Å². The Balaban J connectivity index is 2.89. The molecule has 0 aliphatic carbocycles. The summed E-state index contributed by atoms with van der Waals surface area (Å²) in [5.74, 6) is -0.253. The highest BCUT2D eigenvalue weighted by Crippen LogP contribution is 2.28. The maximum Gasteiger partial charge on any atom is 0.148 e. The SMILES string of the molecule is CCn1cc(I)c2cc(Cl)cc(F)c21. The minimum absolute atomic E-state index is 0.253. The van der Waals surface area contributed by atoms with Crippen molar-refractivity contribution in [2.45, 2.75) is 13.5 Å². The first-order valence-corrected chi connectivity index (χ1v) is 5.72. The highest BCUT2D eigenvalue weighted by molar-refractivity contribution is 14.1. The van der Waals surface area contributed by atoms with Crippen LogP contribution in [0.15, 0.2) is 18.3 Å². The number of halogens is 3. The topological polar surface area (TPSA) is 4.93 Å². The van der Waals surface area contributed by atoms with Crippen molar-refractivity contribution in [3.8, 4) is 0 Å². The lowest BCUT2D eigenvalue weighted by atomic mass is 10.2. The molecule has 4 heteroatoms. The molecule has 1 heterocycles. The van der Waals surface area contributed by atoms with Gasteiger partial charge in [-0.2, -0.15) is 0 Å². The van der Waals surface area contributed by atoms with Crippen LogP contribution in [0.3, 0.4) is 0 Å². The average molecular weight is 324 g/mol. The van der Waals surface area contributed by atoms with Crippen molar-refractivity contribution in [3.63, 3.8) is 0 Å². The Morgan fingerprint density at radius 2 is 2.21 bits per heavy atom. The van der Waals surface area contributed by atoms with Crippen molar-refractivity contribution < 1.29 is 4.39 Å². The van der Waals surface area contributed by atoms with E-state index in [-0.39, 0.29) is 5.82 Å². The van der Waals surface area contributed by atoms with Gasteiger partial charge in [-0.1, -0.05) is 11.6 Å². The van der Waals surface area contributed by atoms with Gasteiger partial charge in [0, 0.05) is 26.7 Å². The monoisotopic (exact) mass is 323 g/mol. The van der Waals surface area contributed by atoms with Gasteiger partial charge in [0.1, 0.15) is 5.82 Å². The normalized spacial score (nSPS) is 11.1. The number of fused-ring (bicyclic) bond motifs is 1. The molecule has 0 bridgehead atoms. The quantitative estimate of drug-likeness (QED) is 0.698. The highest BCUT2D eigenvalue weighted by atomic mass is 127. The fourth-order valence-corrected chi connectivity index (χ4v) is 2.51. The van der Waals surface area contributed by atoms with Crippen molar-refractivity contribution in [1.29, 1.82) is 0 Å². The standard InChI is InChI=1S/C10H8ClFIN/c1-2-14-5-9(13)7-3-6(11)4-8(12)10(7)14/h3-5H,2H2,1H3. The van der Waals surface area contributed by atoms with E-state index in [4.69, 9.17) is 11.6 Å². The maximum atomic E-state index is 13.6. The molecule has 0 spiro atoms. The Labute approximate surface area is 100.0 Å². The minimum Gasteiger partial charge on any atom is -0.344 e. The van der Waals surface area contributed by atoms with Crippen molar-refractivity contribution in [2.75, 3.05) is 0 Å². The number of aromatic nitrogens is 1. The van der Waals surface area contributed by atoms with Gasteiger partial charge in [-0.15, -0.1) is 0 Å². The molecule has 1 nitrogen and oxygen atoms in total. The van der Waals surface area contributed by atoms with E-state index < -0.39 is 0 Å². The molecule has 0 saturated carbocycles. The van der Waals surface area contributed by atoms with Gasteiger partial charge in [0.15, 0.2) is 0 Å². The molecule has 2 rings (SSSR count). The predicted octanol–water partition coefficient (Wildman–Crippen LogP) is 4.06. The van der Waals surface area contributed by atoms with E-state index in [1.165, 1.54) is 6.07 Å². The van der Waals surface area contributed by atoms with Crippen LogP contribution in [-0.2, 0) is 6.54 Å². The van der Waals surface area contributed by atoms with Crippen molar-refractivity contribution >= 4 is 45.1 Å². The summed E-state index contributed by atoms with van der Waals surface area (Å²) in [5, 5.41) is 1.33. The van der Waals surface area contributed by atoms with Crippen LogP contribution in [0.5, 0.6) is 0 Å². The zero-order chi connectivity index (χ0) is 10.3. The second kappa shape index (κ2) is 3.70. The molecule has 0 fully saturated rings. The fraction of sp³-hybridized carbons (Fsp3) is 0.200. The van der Waals surface area contributed by atoms with Crippen LogP contribution in [0.25, 0.3) is 10.9 Å². The first-order valence-electron chi connectivity index (χ1n) is 4.27. The van der Waals surface area contributed by atoms with Crippen LogP contribution in [0.4, 0.5) is 4.39 Å². The second-order valence-corrected chi connectivity index (χ2v) is 4.65. The number of hydrogen-bond donors (Lipinski definition) is 0. The Morgan fingerprint density at radius 3 is 2.86 bits per heavy atom. The first kappa shape index (κ1) is 10.2. The lowest BCUT2D eigenvalue weighted by molar-refractivity contribution is 0.626. The number of hydrogen-bond acceptors (Lipinski definition) is 0. The summed E-state index contributed by atoms with van der Waals surface area (Å²) in [6.07, 6.45) is 1.94. The smallest absolute Gasteiger partial charge is 0.148 e. The lowest BCUT2D eigenvalue weighted by Crippen LogP contribution is -1.93. The molecule has 2 aromatic rings. The molecule has 0 amide bonds. The molecule has 0 N–H and O–H groups in total. The largest absolute Gasteiger partial charge is 0.344 e. The van der Waals surface area contributed by atoms with E-state index in [9.17, 15) is 4.39 Å². The van der Waals surface area contributed by atoms with Crippen molar-refractivity contribution in [1.82, 2.24) is 4.57 Å². The molecule has 74 valence electrons. The summed E-state index contributed by atoms with van der Waals surface area (Å²) >= 11 is 7.99. The van der Waals surface area contributed by atoms with Gasteiger partial charge < -0.3 is 4.57 Å². The minimum atomic E-state index is -0.253. The van der Waals surface area contributed by atoms with Gasteiger partial charge in [-0.05, 0) is 41.6 Å². The maximum absolute atomic E-state index is 13.6. The predicted molar refractivity (Wildman–Crippen MR) is 65.3 cm³/mol. The van der Waals surface area contributed by atoms with Crippen molar-refractivity contribution in [2.24, 2.45) is 0 Å². The zero-order valence-corrected chi connectivity index (χ0v) is 10.4. The Bertz CT molecular complexity index is 492. The molecule has 1 aromatic carbocycles. The second-order valence-electron chi connectivity index (χ2n) is 3.05. The molecular weight excluding hydrogens is 315 g/mol. The molecule has 0 aliphatic heterocycles. The van der Waals surface area contributed by atoms with Crippen LogP contribution in [0.2, 0.25) is 5.02 Å². The van der Waals surface area contributed by atoms with E-state index in [2.05, 4.69) is 22.6 Å². The van der Waals surface area contributed by atoms with E-state index >= 15 is 0 Å². The van der Waals surface area contributed by atoms with Gasteiger partial charge in [0.25, 0.3) is 0 Å². The zero-order valence-electron chi connectivity index (χ0n) is 7.52. The van der Waals surface area contributed by atoms with E-state index in [0.29, 0.717) is 10.5 Å². The van der Waals surface area contributed by atoms with Crippen LogP contribution in [0, 0.1) is 9.39 Å². The van der Waals surface area contributed by atoms with Crippen LogP contribution in [-0.4, -0.2) is 4.57 Å². The Kier molecular flexibility index (Phi) is 2.70. The lowest BCUT2D eigenvalue weighted by Gasteiger charge is -2.01. The summed E-state index contributed by atoms with van der Waals surface area (Å²) in [5.41, 5.74) is 0.640. The average Bonchev–Trinajstić information content (AvgIpc) is 2.43. The van der Waals surface area contributed by atoms with Gasteiger partial charge in [0.05, 0.1) is 5.52 Å². The number of nitrogens with zero attached hydrogens (tertiary/aromatic N) is 1. The first-order chi connectivity index (χ1) is 6.63. The summed E-state index contributed by atoms with van der Waals surface area (Å²) in [6, 6.07) is 3.15. The van der Waals surface area contributed by atoms with E-state index in [1.54, 1.807) is 6.07 Å². The van der Waals surface area contributed by atoms with Crippen molar-refractivity contribution in [3.05, 3.63) is 32.7 Å². The van der Waals surface area contributed by atoms with Crippen LogP contribution >= 0.6 is 34.2 Å². The Hall–Kier alpha value is -0.290. The molecule has 0 saturated heterocycles. The number of rotatable bonds is 1. The third kappa shape index (κ3) is 1.52. The van der Waals surface area contributed by atoms with Crippen LogP contribution < -0.4 is 0 Å². The third-order valence-electron chi connectivity index (χ3n) is 2.18.